The maximum absolute atomic E-state index is 11.9. The zero-order valence-corrected chi connectivity index (χ0v) is 20.9. The molecule has 0 fully saturated rings. The Kier molecular flexibility index (Phi) is 7.91. The Hall–Kier alpha value is -4.97. The van der Waals surface area contributed by atoms with E-state index >= 15 is 0 Å². The van der Waals surface area contributed by atoms with Crippen molar-refractivity contribution >= 4 is 34.1 Å². The van der Waals surface area contributed by atoms with Gasteiger partial charge in [0.1, 0.15) is 12.1 Å². The van der Waals surface area contributed by atoms with Crippen LogP contribution in [0.1, 0.15) is 37.8 Å². The summed E-state index contributed by atoms with van der Waals surface area (Å²) in [6, 6.07) is 15.7. The first-order valence-corrected chi connectivity index (χ1v) is 11.8. The highest BCUT2D eigenvalue weighted by Gasteiger charge is 2.13. The van der Waals surface area contributed by atoms with Crippen molar-refractivity contribution in [1.29, 1.82) is 0 Å². The Bertz CT molecular complexity index is 1550. The number of nitrogens with two attached hydrogens (primary N) is 1. The van der Waals surface area contributed by atoms with E-state index in [1.165, 1.54) is 6.33 Å². The Morgan fingerprint density at radius 2 is 1.97 bits per heavy atom. The van der Waals surface area contributed by atoms with Crippen molar-refractivity contribution in [3.05, 3.63) is 78.4 Å². The number of aromatic nitrogens is 5. The number of carbonyl (C=O) groups excluding carboxylic acids is 1. The van der Waals surface area contributed by atoms with Gasteiger partial charge in [-0.15, -0.1) is 0 Å². The van der Waals surface area contributed by atoms with Crippen molar-refractivity contribution in [2.24, 2.45) is 0 Å². The maximum Gasteiger partial charge on any atom is 0.300 e. The minimum atomic E-state index is -0.345. The molecule has 2 aromatic carbocycles. The highest BCUT2D eigenvalue weighted by atomic mass is 16.1. The highest BCUT2D eigenvalue weighted by Crippen LogP contribution is 2.31. The van der Waals surface area contributed by atoms with Crippen LogP contribution in [0.3, 0.4) is 0 Å². The molecule has 0 radical (unpaired) electrons. The number of pyridine rings is 1. The lowest BCUT2D eigenvalue weighted by molar-refractivity contribution is -0.111. The number of amides is 1. The second-order valence-corrected chi connectivity index (χ2v) is 8.51. The molecule has 2 heterocycles. The van der Waals surface area contributed by atoms with E-state index in [1.54, 1.807) is 19.3 Å². The van der Waals surface area contributed by atoms with Gasteiger partial charge in [-0.1, -0.05) is 50.1 Å². The molecule has 186 valence electrons. The summed E-state index contributed by atoms with van der Waals surface area (Å²) < 4.78 is 0. The van der Waals surface area contributed by atoms with Gasteiger partial charge in [-0.25, -0.2) is 0 Å². The van der Waals surface area contributed by atoms with Gasteiger partial charge in [-0.05, 0) is 47.9 Å². The predicted octanol–water partition coefficient (Wildman–Crippen LogP) is 4.82. The Morgan fingerprint density at radius 3 is 2.78 bits per heavy atom. The molecular weight excluding hydrogens is 464 g/mol. The zero-order valence-electron chi connectivity index (χ0n) is 20.9. The molecule has 0 unspecified atom stereocenters. The molecule has 0 saturated carbocycles. The number of aromatic amines is 1. The summed E-state index contributed by atoms with van der Waals surface area (Å²) in [4.78, 5) is 25.1. The van der Waals surface area contributed by atoms with E-state index in [0.717, 1.165) is 33.2 Å². The number of nitrogens with one attached hydrogen (secondary N) is 3. The third-order valence-electron chi connectivity index (χ3n) is 5.64. The Balaban J connectivity index is 1.71. The molecule has 0 atom stereocenters. The summed E-state index contributed by atoms with van der Waals surface area (Å²) in [5.74, 6) is 5.64. The van der Waals surface area contributed by atoms with Gasteiger partial charge >= 0.3 is 0 Å². The largest absolute Gasteiger partial charge is 0.368 e. The number of rotatable bonds is 6. The SMILES string of the molecule is CC#CC(=O)Nc1ccc2c(-c3ccccc3CNc3nc(N)ncn[nH]cc3C(C)C)nccc2c1. The highest BCUT2D eigenvalue weighted by molar-refractivity contribution is 6.05. The van der Waals surface area contributed by atoms with E-state index in [-0.39, 0.29) is 17.8 Å². The summed E-state index contributed by atoms with van der Waals surface area (Å²) in [5, 5.41) is 15.0. The van der Waals surface area contributed by atoms with Crippen molar-refractivity contribution in [2.45, 2.75) is 33.2 Å². The number of H-pyrrole nitrogens is 1. The number of carbonyl (C=O) groups is 1. The van der Waals surface area contributed by atoms with Gasteiger partial charge in [-0.2, -0.15) is 15.1 Å². The number of nitrogen functional groups attached to an aromatic ring is 1. The minimum absolute atomic E-state index is 0.110. The van der Waals surface area contributed by atoms with E-state index in [2.05, 4.69) is 56.5 Å². The molecule has 0 aliphatic carbocycles. The number of nitrogens with zero attached hydrogens (tertiary/aromatic N) is 4. The minimum Gasteiger partial charge on any atom is -0.368 e. The molecule has 9 heteroatoms. The normalized spacial score (nSPS) is 10.4. The summed E-state index contributed by atoms with van der Waals surface area (Å²) in [5.41, 5.74) is 10.4. The average Bonchev–Trinajstić information content (AvgIpc) is 2.97. The van der Waals surface area contributed by atoms with E-state index in [1.807, 2.05) is 48.5 Å². The van der Waals surface area contributed by atoms with Crippen LogP contribution in [0.25, 0.3) is 22.0 Å². The Labute approximate surface area is 215 Å². The molecule has 5 N–H and O–H groups in total. The average molecular weight is 493 g/mol. The van der Waals surface area contributed by atoms with Crippen molar-refractivity contribution in [3.8, 4) is 23.1 Å². The first-order valence-electron chi connectivity index (χ1n) is 11.8. The van der Waals surface area contributed by atoms with Crippen molar-refractivity contribution in [2.75, 3.05) is 16.4 Å². The van der Waals surface area contributed by atoms with Gasteiger partial charge in [-0.3, -0.25) is 14.9 Å². The van der Waals surface area contributed by atoms with E-state index in [0.29, 0.717) is 18.1 Å². The van der Waals surface area contributed by atoms with Crippen LogP contribution in [0.4, 0.5) is 17.5 Å². The summed E-state index contributed by atoms with van der Waals surface area (Å²) in [6.45, 7) is 6.25. The number of hydrogen-bond donors (Lipinski definition) is 4. The van der Waals surface area contributed by atoms with Crippen LogP contribution in [-0.4, -0.2) is 31.1 Å². The standard InChI is InChI=1S/C28H28N8O/c1-4-7-25(37)35-21-10-11-23-19(14-21)12-13-30-26(23)22-9-6-5-8-20(22)15-31-27-24(18(2)3)16-33-34-17-32-28(29)36-27/h5-6,8-14,16-18,33H,15H2,1-3H3,(H,35,37)(H3,29,31,32,34,36). The number of hydrogen-bond acceptors (Lipinski definition) is 7. The predicted molar refractivity (Wildman–Crippen MR) is 147 cm³/mol. The lowest BCUT2D eigenvalue weighted by Crippen LogP contribution is -2.08. The van der Waals surface area contributed by atoms with Crippen LogP contribution in [0.5, 0.6) is 0 Å². The molecule has 37 heavy (non-hydrogen) atoms. The van der Waals surface area contributed by atoms with Crippen molar-refractivity contribution in [3.63, 3.8) is 0 Å². The van der Waals surface area contributed by atoms with Gasteiger partial charge in [0.05, 0.1) is 5.69 Å². The molecule has 4 aromatic rings. The van der Waals surface area contributed by atoms with Crippen molar-refractivity contribution < 1.29 is 4.79 Å². The van der Waals surface area contributed by atoms with Gasteiger partial charge in [0, 0.05) is 41.1 Å². The molecule has 2 aromatic heterocycles. The lowest BCUT2D eigenvalue weighted by atomic mass is 9.99. The summed E-state index contributed by atoms with van der Waals surface area (Å²) >= 11 is 0. The second-order valence-electron chi connectivity index (χ2n) is 8.51. The fourth-order valence-electron chi connectivity index (χ4n) is 3.92. The molecule has 9 nitrogen and oxygen atoms in total. The van der Waals surface area contributed by atoms with E-state index in [9.17, 15) is 4.79 Å². The van der Waals surface area contributed by atoms with Crippen LogP contribution in [0, 0.1) is 11.8 Å². The molecule has 4 rings (SSSR count). The van der Waals surface area contributed by atoms with Crippen LogP contribution >= 0.6 is 0 Å². The smallest absolute Gasteiger partial charge is 0.300 e. The third kappa shape index (κ3) is 6.18. The van der Waals surface area contributed by atoms with E-state index in [4.69, 9.17) is 10.7 Å². The fourth-order valence-corrected chi connectivity index (χ4v) is 3.92. The first kappa shape index (κ1) is 25.1. The maximum atomic E-state index is 11.9. The van der Waals surface area contributed by atoms with Crippen LogP contribution in [-0.2, 0) is 11.3 Å². The van der Waals surface area contributed by atoms with E-state index < -0.39 is 0 Å². The van der Waals surface area contributed by atoms with Crippen LogP contribution in [0.2, 0.25) is 0 Å². The zero-order chi connectivity index (χ0) is 26.2. The Morgan fingerprint density at radius 1 is 1.14 bits per heavy atom. The second kappa shape index (κ2) is 11.6. The number of anilines is 3. The lowest BCUT2D eigenvalue weighted by Gasteiger charge is -2.15. The van der Waals surface area contributed by atoms with Gasteiger partial charge in [0.25, 0.3) is 5.91 Å². The molecule has 0 spiro atoms. The third-order valence-corrected chi connectivity index (χ3v) is 5.64. The van der Waals surface area contributed by atoms with Gasteiger partial charge < -0.3 is 16.4 Å². The first-order chi connectivity index (χ1) is 18.0. The molecule has 0 bridgehead atoms. The monoisotopic (exact) mass is 492 g/mol. The molecule has 1 amide bonds. The quantitative estimate of drug-likeness (QED) is 0.284. The van der Waals surface area contributed by atoms with Crippen molar-refractivity contribution in [1.82, 2.24) is 25.1 Å². The van der Waals surface area contributed by atoms with Crippen LogP contribution < -0.4 is 16.4 Å². The summed E-state index contributed by atoms with van der Waals surface area (Å²) in [7, 11) is 0. The van der Waals surface area contributed by atoms with Gasteiger partial charge in [0.15, 0.2) is 0 Å². The molecule has 0 saturated heterocycles. The summed E-state index contributed by atoms with van der Waals surface area (Å²) in [6.07, 6.45) is 4.89. The topological polar surface area (TPSA) is 134 Å². The molecule has 0 aliphatic rings. The molecular formula is C28H28N8O. The fraction of sp³-hybridized carbons (Fsp3) is 0.179. The number of benzene rings is 2. The molecule has 0 aliphatic heterocycles. The number of fused-ring (bicyclic) bond motifs is 1. The van der Waals surface area contributed by atoms with Gasteiger partial charge in [0.2, 0.25) is 5.95 Å². The van der Waals surface area contributed by atoms with Crippen LogP contribution in [0.15, 0.2) is 67.3 Å².